The van der Waals surface area contributed by atoms with E-state index in [0.29, 0.717) is 17.5 Å². The Morgan fingerprint density at radius 1 is 1.28 bits per heavy atom. The molecule has 1 atom stereocenters. The molecule has 25 heavy (non-hydrogen) atoms. The van der Waals surface area contributed by atoms with Gasteiger partial charge in [-0.15, -0.1) is 0 Å². The Labute approximate surface area is 156 Å². The van der Waals surface area contributed by atoms with Crippen molar-refractivity contribution in [3.63, 3.8) is 0 Å². The van der Waals surface area contributed by atoms with E-state index in [0.717, 1.165) is 23.5 Å². The molecule has 2 aromatic rings. The number of hydrogen-bond donors (Lipinski definition) is 1. The molecule has 1 aliphatic rings. The highest BCUT2D eigenvalue weighted by Crippen LogP contribution is 2.33. The van der Waals surface area contributed by atoms with Crippen LogP contribution in [0.4, 0.5) is 19.1 Å². The largest absolute Gasteiger partial charge is 0.416 e. The summed E-state index contributed by atoms with van der Waals surface area (Å²) in [6.07, 6.45) is -0.245. The number of nitrogens with one attached hydrogen (secondary N) is 1. The van der Waals surface area contributed by atoms with E-state index < -0.39 is 11.7 Å². The van der Waals surface area contributed by atoms with Crippen LogP contribution >= 0.6 is 27.5 Å². The third kappa shape index (κ3) is 4.62. The molecular formula is C16H15BrClF3N4. The Morgan fingerprint density at radius 3 is 2.68 bits per heavy atom. The van der Waals surface area contributed by atoms with Crippen molar-refractivity contribution >= 4 is 33.5 Å². The summed E-state index contributed by atoms with van der Waals surface area (Å²) in [5.41, 5.74) is -0.506. The van der Waals surface area contributed by atoms with Gasteiger partial charge in [-0.1, -0.05) is 11.6 Å². The van der Waals surface area contributed by atoms with Gasteiger partial charge in [-0.2, -0.15) is 13.2 Å². The summed E-state index contributed by atoms with van der Waals surface area (Å²) in [5, 5.41) is 3.48. The van der Waals surface area contributed by atoms with Crippen molar-refractivity contribution in [3.8, 4) is 0 Å². The van der Waals surface area contributed by atoms with Crippen LogP contribution in [0.2, 0.25) is 5.02 Å². The van der Waals surface area contributed by atoms with Gasteiger partial charge in [0, 0.05) is 43.1 Å². The van der Waals surface area contributed by atoms with Gasteiger partial charge in [0.1, 0.15) is 0 Å². The number of benzene rings is 1. The lowest BCUT2D eigenvalue weighted by Crippen LogP contribution is -2.33. The third-order valence-electron chi connectivity index (χ3n) is 4.03. The minimum Gasteiger partial charge on any atom is -0.339 e. The van der Waals surface area contributed by atoms with Gasteiger partial charge in [0.2, 0.25) is 5.95 Å². The predicted octanol–water partition coefficient (Wildman–Crippen LogP) is 4.28. The highest BCUT2D eigenvalue weighted by molar-refractivity contribution is 9.10. The predicted molar refractivity (Wildman–Crippen MR) is 93.6 cm³/mol. The maximum atomic E-state index is 13.1. The molecule has 4 nitrogen and oxygen atoms in total. The molecule has 1 fully saturated rings. The molecule has 0 bridgehead atoms. The molecule has 0 aliphatic carbocycles. The number of alkyl halides is 3. The van der Waals surface area contributed by atoms with Crippen LogP contribution in [0.5, 0.6) is 0 Å². The molecule has 0 amide bonds. The van der Waals surface area contributed by atoms with E-state index in [-0.39, 0.29) is 18.2 Å². The maximum absolute atomic E-state index is 13.1. The second-order valence-corrected chi connectivity index (χ2v) is 7.17. The van der Waals surface area contributed by atoms with Crippen molar-refractivity contribution < 1.29 is 13.2 Å². The van der Waals surface area contributed by atoms with Crippen LogP contribution in [0.1, 0.15) is 17.5 Å². The first-order valence-electron chi connectivity index (χ1n) is 7.64. The molecule has 1 aromatic heterocycles. The number of hydrogen-bond acceptors (Lipinski definition) is 4. The van der Waals surface area contributed by atoms with Crippen molar-refractivity contribution in [1.29, 1.82) is 0 Å². The van der Waals surface area contributed by atoms with Gasteiger partial charge in [-0.05, 0) is 46.1 Å². The van der Waals surface area contributed by atoms with E-state index in [2.05, 4.69) is 31.2 Å². The van der Waals surface area contributed by atoms with Crippen LogP contribution < -0.4 is 10.2 Å². The van der Waals surface area contributed by atoms with Gasteiger partial charge in [-0.3, -0.25) is 0 Å². The first-order valence-corrected chi connectivity index (χ1v) is 8.81. The average molecular weight is 436 g/mol. The summed E-state index contributed by atoms with van der Waals surface area (Å²) < 4.78 is 40.1. The third-order valence-corrected chi connectivity index (χ3v) is 4.68. The number of aromatic nitrogens is 2. The molecule has 1 N–H and O–H groups in total. The Hall–Kier alpha value is -1.38. The zero-order valence-electron chi connectivity index (χ0n) is 13.0. The van der Waals surface area contributed by atoms with Crippen LogP contribution in [0.3, 0.4) is 0 Å². The van der Waals surface area contributed by atoms with Gasteiger partial charge < -0.3 is 10.2 Å². The molecular weight excluding hydrogens is 421 g/mol. The van der Waals surface area contributed by atoms with E-state index in [1.165, 1.54) is 12.1 Å². The smallest absolute Gasteiger partial charge is 0.339 e. The normalized spacial score (nSPS) is 18.0. The fraction of sp³-hybridized carbons (Fsp3) is 0.375. The van der Waals surface area contributed by atoms with Crippen molar-refractivity contribution in [1.82, 2.24) is 15.3 Å². The Bertz CT molecular complexity index is 739. The van der Waals surface area contributed by atoms with Crippen molar-refractivity contribution in [3.05, 3.63) is 51.2 Å². The molecule has 1 aliphatic heterocycles. The zero-order chi connectivity index (χ0) is 18.0. The SMILES string of the molecule is FC(F)(F)c1ccc(Cl)cc1CNC1CCN(c2ncc(Br)cn2)C1. The first kappa shape index (κ1) is 18.4. The molecule has 0 saturated carbocycles. The lowest BCUT2D eigenvalue weighted by atomic mass is 10.1. The summed E-state index contributed by atoms with van der Waals surface area (Å²) in [4.78, 5) is 10.5. The highest BCUT2D eigenvalue weighted by atomic mass is 79.9. The molecule has 0 radical (unpaired) electrons. The molecule has 134 valence electrons. The Morgan fingerprint density at radius 2 is 2.00 bits per heavy atom. The summed E-state index contributed by atoms with van der Waals surface area (Å²) in [6.45, 7) is 1.50. The van der Waals surface area contributed by atoms with Crippen LogP contribution in [0, 0.1) is 0 Å². The lowest BCUT2D eigenvalue weighted by Gasteiger charge is -2.18. The van der Waals surface area contributed by atoms with Crippen molar-refractivity contribution in [2.45, 2.75) is 25.2 Å². The quantitative estimate of drug-likeness (QED) is 0.778. The number of nitrogens with zero attached hydrogens (tertiary/aromatic N) is 3. The van der Waals surface area contributed by atoms with Crippen LogP contribution in [-0.4, -0.2) is 29.1 Å². The summed E-state index contributed by atoms with van der Waals surface area (Å²) in [6, 6.07) is 3.71. The minimum atomic E-state index is -4.39. The average Bonchev–Trinajstić information content (AvgIpc) is 3.01. The topological polar surface area (TPSA) is 41.0 Å². The van der Waals surface area contributed by atoms with E-state index >= 15 is 0 Å². The van der Waals surface area contributed by atoms with Gasteiger partial charge in [0.15, 0.2) is 0 Å². The molecule has 1 unspecified atom stereocenters. The van der Waals surface area contributed by atoms with Gasteiger partial charge in [0.05, 0.1) is 10.0 Å². The number of halogens is 5. The number of anilines is 1. The van der Waals surface area contributed by atoms with Gasteiger partial charge in [-0.25, -0.2) is 9.97 Å². The molecule has 1 saturated heterocycles. The second kappa shape index (κ2) is 7.47. The van der Waals surface area contributed by atoms with Crippen molar-refractivity contribution in [2.24, 2.45) is 0 Å². The molecule has 0 spiro atoms. The molecule has 3 rings (SSSR count). The fourth-order valence-corrected chi connectivity index (χ4v) is 3.22. The zero-order valence-corrected chi connectivity index (χ0v) is 15.4. The summed E-state index contributed by atoms with van der Waals surface area (Å²) in [5.74, 6) is 0.617. The van der Waals surface area contributed by atoms with Gasteiger partial charge >= 0.3 is 6.18 Å². The highest BCUT2D eigenvalue weighted by Gasteiger charge is 2.33. The molecule has 1 aromatic carbocycles. The van der Waals surface area contributed by atoms with Crippen LogP contribution in [0.25, 0.3) is 0 Å². The van der Waals surface area contributed by atoms with Gasteiger partial charge in [0.25, 0.3) is 0 Å². The van der Waals surface area contributed by atoms with Crippen LogP contribution in [0.15, 0.2) is 35.1 Å². The monoisotopic (exact) mass is 434 g/mol. The standard InChI is InChI=1S/C16H15BrClF3N4/c17-11-7-23-15(24-8-11)25-4-3-13(9-25)22-6-10-5-12(18)1-2-14(10)16(19,20)21/h1-2,5,7-8,13,22H,3-4,6,9H2. The fourth-order valence-electron chi connectivity index (χ4n) is 2.82. The van der Waals surface area contributed by atoms with Crippen LogP contribution in [-0.2, 0) is 12.7 Å². The van der Waals surface area contributed by atoms with Crippen molar-refractivity contribution in [2.75, 3.05) is 18.0 Å². The molecule has 9 heteroatoms. The van der Waals surface area contributed by atoms with E-state index in [1.54, 1.807) is 12.4 Å². The maximum Gasteiger partial charge on any atom is 0.416 e. The minimum absolute atomic E-state index is 0.0623. The lowest BCUT2D eigenvalue weighted by molar-refractivity contribution is -0.138. The van der Waals surface area contributed by atoms with E-state index in [1.807, 2.05) is 4.90 Å². The summed E-state index contributed by atoms with van der Waals surface area (Å²) in [7, 11) is 0. The summed E-state index contributed by atoms with van der Waals surface area (Å²) >= 11 is 9.14. The second-order valence-electron chi connectivity index (χ2n) is 5.81. The van der Waals surface area contributed by atoms with E-state index in [4.69, 9.17) is 11.6 Å². The Kier molecular flexibility index (Phi) is 5.50. The van der Waals surface area contributed by atoms with E-state index in [9.17, 15) is 13.2 Å². The first-order chi connectivity index (χ1) is 11.8. The molecule has 2 heterocycles. The Balaban J connectivity index is 1.63. The number of rotatable bonds is 4.